The van der Waals surface area contributed by atoms with Crippen LogP contribution in [0.5, 0.6) is 0 Å². The first kappa shape index (κ1) is 15.1. The molecule has 2 fully saturated rings. The molecule has 0 aromatic rings. The fourth-order valence-corrected chi connectivity index (χ4v) is 3.19. The Labute approximate surface area is 114 Å². The molecule has 17 heavy (non-hydrogen) atoms. The molecule has 1 aliphatic carbocycles. The summed E-state index contributed by atoms with van der Waals surface area (Å²) in [6.45, 7) is 6.85. The molecule has 0 aromatic heterocycles. The molecule has 1 amide bonds. The van der Waals surface area contributed by atoms with E-state index < -0.39 is 0 Å². The normalized spacial score (nSPS) is 28.7. The molecule has 0 radical (unpaired) electrons. The molecule has 100 valence electrons. The highest BCUT2D eigenvalue weighted by Gasteiger charge is 2.28. The second kappa shape index (κ2) is 6.86. The zero-order valence-corrected chi connectivity index (χ0v) is 12.3. The highest BCUT2D eigenvalue weighted by molar-refractivity contribution is 8.00. The van der Waals surface area contributed by atoms with E-state index in [1.165, 1.54) is 12.8 Å². The Morgan fingerprint density at radius 3 is 2.76 bits per heavy atom. The first-order chi connectivity index (χ1) is 7.68. The molecular formula is C12H23ClN2OS. The van der Waals surface area contributed by atoms with Gasteiger partial charge in [-0.05, 0) is 32.2 Å². The van der Waals surface area contributed by atoms with Gasteiger partial charge >= 0.3 is 0 Å². The Hall–Kier alpha value is 0.0700. The predicted molar refractivity (Wildman–Crippen MR) is 75.9 cm³/mol. The fraction of sp³-hybridized carbons (Fsp3) is 0.917. The van der Waals surface area contributed by atoms with Crippen molar-refractivity contribution in [2.45, 2.75) is 38.0 Å². The predicted octanol–water partition coefficient (Wildman–Crippen LogP) is 1.76. The first-order valence-electron chi connectivity index (χ1n) is 6.30. The SMILES string of the molecule is CC1SCCN(C(=O)CNCC2CC2)C1C.Cl. The molecule has 0 spiro atoms. The van der Waals surface area contributed by atoms with Crippen molar-refractivity contribution in [2.24, 2.45) is 5.92 Å². The van der Waals surface area contributed by atoms with Gasteiger partial charge in [0.1, 0.15) is 0 Å². The number of amides is 1. The number of carbonyl (C=O) groups is 1. The lowest BCUT2D eigenvalue weighted by Gasteiger charge is -2.37. The van der Waals surface area contributed by atoms with Crippen LogP contribution in [0.1, 0.15) is 26.7 Å². The van der Waals surface area contributed by atoms with Gasteiger partial charge in [0, 0.05) is 23.6 Å². The van der Waals surface area contributed by atoms with Crippen LogP contribution in [0.15, 0.2) is 0 Å². The summed E-state index contributed by atoms with van der Waals surface area (Å²) in [5.74, 6) is 2.21. The van der Waals surface area contributed by atoms with Gasteiger partial charge < -0.3 is 10.2 Å². The topological polar surface area (TPSA) is 32.3 Å². The van der Waals surface area contributed by atoms with E-state index in [4.69, 9.17) is 0 Å². The second-order valence-corrected chi connectivity index (χ2v) is 6.46. The zero-order chi connectivity index (χ0) is 11.5. The highest BCUT2D eigenvalue weighted by atomic mass is 35.5. The smallest absolute Gasteiger partial charge is 0.236 e. The van der Waals surface area contributed by atoms with E-state index in [-0.39, 0.29) is 18.3 Å². The van der Waals surface area contributed by atoms with Crippen LogP contribution >= 0.6 is 24.2 Å². The molecule has 2 atom stereocenters. The van der Waals surface area contributed by atoms with E-state index >= 15 is 0 Å². The van der Waals surface area contributed by atoms with Crippen molar-refractivity contribution < 1.29 is 4.79 Å². The van der Waals surface area contributed by atoms with Crippen LogP contribution in [0.2, 0.25) is 0 Å². The molecule has 1 aliphatic heterocycles. The minimum atomic E-state index is 0. The number of rotatable bonds is 4. The van der Waals surface area contributed by atoms with Gasteiger partial charge in [0.25, 0.3) is 0 Å². The number of carbonyl (C=O) groups excluding carboxylic acids is 1. The first-order valence-corrected chi connectivity index (χ1v) is 7.35. The van der Waals surface area contributed by atoms with Crippen LogP contribution in [0.3, 0.4) is 0 Å². The Bertz CT molecular complexity index is 261. The molecule has 2 unspecified atom stereocenters. The third-order valence-corrected chi connectivity index (χ3v) is 4.95. The summed E-state index contributed by atoms with van der Waals surface area (Å²) in [6.07, 6.45) is 2.68. The maximum Gasteiger partial charge on any atom is 0.236 e. The number of nitrogens with zero attached hydrogens (tertiary/aromatic N) is 1. The van der Waals surface area contributed by atoms with Crippen LogP contribution in [0, 0.1) is 5.92 Å². The van der Waals surface area contributed by atoms with E-state index in [0.29, 0.717) is 17.8 Å². The third-order valence-electron chi connectivity index (χ3n) is 3.61. The van der Waals surface area contributed by atoms with E-state index in [9.17, 15) is 4.79 Å². The molecule has 2 aliphatic rings. The second-order valence-electron chi connectivity index (χ2n) is 4.98. The Morgan fingerprint density at radius 2 is 2.12 bits per heavy atom. The largest absolute Gasteiger partial charge is 0.337 e. The molecule has 1 N–H and O–H groups in total. The summed E-state index contributed by atoms with van der Waals surface area (Å²) in [5.41, 5.74) is 0. The van der Waals surface area contributed by atoms with Crippen LogP contribution in [0.4, 0.5) is 0 Å². The van der Waals surface area contributed by atoms with Crippen molar-refractivity contribution in [3.8, 4) is 0 Å². The Kier molecular flexibility index (Phi) is 6.10. The Morgan fingerprint density at radius 1 is 1.41 bits per heavy atom. The lowest BCUT2D eigenvalue weighted by atomic mass is 10.2. The average molecular weight is 279 g/mol. The number of halogens is 1. The molecule has 1 saturated heterocycles. The lowest BCUT2D eigenvalue weighted by molar-refractivity contribution is -0.132. The van der Waals surface area contributed by atoms with Gasteiger partial charge in [-0.2, -0.15) is 11.8 Å². The minimum Gasteiger partial charge on any atom is -0.337 e. The van der Waals surface area contributed by atoms with E-state index in [0.717, 1.165) is 24.8 Å². The van der Waals surface area contributed by atoms with Crippen molar-refractivity contribution in [3.05, 3.63) is 0 Å². The minimum absolute atomic E-state index is 0. The summed E-state index contributed by atoms with van der Waals surface area (Å²) in [6, 6.07) is 0.383. The number of hydrogen-bond donors (Lipinski definition) is 1. The van der Waals surface area contributed by atoms with Crippen molar-refractivity contribution in [3.63, 3.8) is 0 Å². The van der Waals surface area contributed by atoms with Crippen molar-refractivity contribution >= 4 is 30.1 Å². The van der Waals surface area contributed by atoms with Crippen molar-refractivity contribution in [2.75, 3.05) is 25.4 Å². The summed E-state index contributed by atoms with van der Waals surface area (Å²) < 4.78 is 0. The monoisotopic (exact) mass is 278 g/mol. The van der Waals surface area contributed by atoms with E-state index in [2.05, 4.69) is 19.2 Å². The van der Waals surface area contributed by atoms with Gasteiger partial charge in [0.05, 0.1) is 6.54 Å². The molecule has 2 rings (SSSR count). The van der Waals surface area contributed by atoms with Gasteiger partial charge in [0.15, 0.2) is 0 Å². The van der Waals surface area contributed by atoms with Gasteiger partial charge in [-0.1, -0.05) is 6.92 Å². The molecule has 0 aromatic carbocycles. The van der Waals surface area contributed by atoms with Crippen LogP contribution in [-0.2, 0) is 4.79 Å². The van der Waals surface area contributed by atoms with E-state index in [1.807, 2.05) is 16.7 Å². The zero-order valence-electron chi connectivity index (χ0n) is 10.6. The molecule has 1 saturated carbocycles. The molecule has 0 bridgehead atoms. The quantitative estimate of drug-likeness (QED) is 0.851. The van der Waals surface area contributed by atoms with Crippen LogP contribution in [-0.4, -0.2) is 47.5 Å². The fourth-order valence-electron chi connectivity index (χ4n) is 2.09. The summed E-state index contributed by atoms with van der Waals surface area (Å²) >= 11 is 1.97. The van der Waals surface area contributed by atoms with Gasteiger partial charge in [-0.3, -0.25) is 4.79 Å². The highest BCUT2D eigenvalue weighted by Crippen LogP contribution is 2.27. The summed E-state index contributed by atoms with van der Waals surface area (Å²) in [5, 5.41) is 3.85. The van der Waals surface area contributed by atoms with Gasteiger partial charge in [0.2, 0.25) is 5.91 Å². The van der Waals surface area contributed by atoms with Gasteiger partial charge in [-0.15, -0.1) is 12.4 Å². The number of thioether (sulfide) groups is 1. The van der Waals surface area contributed by atoms with E-state index in [1.54, 1.807) is 0 Å². The maximum absolute atomic E-state index is 12.0. The van der Waals surface area contributed by atoms with Crippen LogP contribution in [0.25, 0.3) is 0 Å². The molecule has 3 nitrogen and oxygen atoms in total. The van der Waals surface area contributed by atoms with Gasteiger partial charge in [-0.25, -0.2) is 0 Å². The van der Waals surface area contributed by atoms with Crippen molar-refractivity contribution in [1.29, 1.82) is 0 Å². The Balaban J connectivity index is 0.00000144. The van der Waals surface area contributed by atoms with Crippen LogP contribution < -0.4 is 5.32 Å². The standard InChI is InChI=1S/C12H22N2OS.ClH/c1-9-10(2)16-6-5-14(9)12(15)8-13-7-11-3-4-11;/h9-11,13H,3-8H2,1-2H3;1H. The average Bonchev–Trinajstić information content (AvgIpc) is 3.06. The maximum atomic E-state index is 12.0. The van der Waals surface area contributed by atoms with Crippen molar-refractivity contribution in [1.82, 2.24) is 10.2 Å². The summed E-state index contributed by atoms with van der Waals surface area (Å²) in [7, 11) is 0. The summed E-state index contributed by atoms with van der Waals surface area (Å²) in [4.78, 5) is 14.1. The molecular weight excluding hydrogens is 256 g/mol. The number of nitrogens with one attached hydrogen (secondary N) is 1. The molecule has 5 heteroatoms. The lowest BCUT2D eigenvalue weighted by Crippen LogP contribution is -2.50. The third kappa shape index (κ3) is 4.34. The number of hydrogen-bond acceptors (Lipinski definition) is 3. The molecule has 1 heterocycles.